The molecule has 8 heteroatoms. The van der Waals surface area contributed by atoms with Gasteiger partial charge in [0.05, 0.1) is 11.7 Å². The predicted octanol–water partition coefficient (Wildman–Crippen LogP) is 6.74. The topological polar surface area (TPSA) is 73.4 Å². The van der Waals surface area contributed by atoms with Gasteiger partial charge in [-0.2, -0.15) is 4.98 Å². The Kier molecular flexibility index (Phi) is 7.48. The average Bonchev–Trinajstić information content (AvgIpc) is 2.87. The van der Waals surface area contributed by atoms with Crippen LogP contribution in [0, 0.1) is 0 Å². The number of aromatic nitrogens is 2. The minimum Gasteiger partial charge on any atom is -0.378 e. The van der Waals surface area contributed by atoms with Gasteiger partial charge in [-0.1, -0.05) is 41.9 Å². The van der Waals surface area contributed by atoms with E-state index in [1.165, 1.54) is 4.90 Å². The molecule has 0 aliphatic carbocycles. The Hall–Kier alpha value is -4.10. The maximum Gasteiger partial charge on any atom is 0.332 e. The van der Waals surface area contributed by atoms with E-state index in [9.17, 15) is 4.79 Å². The molecule has 0 aliphatic heterocycles. The smallest absolute Gasteiger partial charge is 0.332 e. The zero-order chi connectivity index (χ0) is 24.8. The van der Waals surface area contributed by atoms with Gasteiger partial charge in [-0.3, -0.25) is 0 Å². The van der Waals surface area contributed by atoms with Gasteiger partial charge in [0.1, 0.15) is 5.82 Å². The van der Waals surface area contributed by atoms with Crippen LogP contribution in [0.2, 0.25) is 5.02 Å². The fourth-order valence-corrected chi connectivity index (χ4v) is 3.65. The normalized spacial score (nSPS) is 11.4. The first kappa shape index (κ1) is 24.0. The lowest BCUT2D eigenvalue weighted by atomic mass is 10.1. The molecular formula is C27H27ClN6O. The van der Waals surface area contributed by atoms with Crippen molar-refractivity contribution in [2.24, 2.45) is 0 Å². The molecule has 4 aromatic rings. The van der Waals surface area contributed by atoms with E-state index in [0.717, 1.165) is 11.3 Å². The van der Waals surface area contributed by atoms with E-state index in [4.69, 9.17) is 11.6 Å². The summed E-state index contributed by atoms with van der Waals surface area (Å²) in [6.45, 7) is 2.04. The molecular weight excluding hydrogens is 460 g/mol. The molecule has 2 amide bonds. The molecule has 1 unspecified atom stereocenters. The summed E-state index contributed by atoms with van der Waals surface area (Å²) in [5.41, 5.74) is 3.42. The van der Waals surface area contributed by atoms with Crippen LogP contribution >= 0.6 is 11.6 Å². The van der Waals surface area contributed by atoms with E-state index >= 15 is 0 Å². The quantitative estimate of drug-likeness (QED) is 0.302. The van der Waals surface area contributed by atoms with Crippen LogP contribution in [0.25, 0.3) is 0 Å². The van der Waals surface area contributed by atoms with Gasteiger partial charge >= 0.3 is 6.03 Å². The zero-order valence-corrected chi connectivity index (χ0v) is 20.6. The first-order chi connectivity index (χ1) is 16.9. The maximum atomic E-state index is 13.5. The van der Waals surface area contributed by atoms with Crippen molar-refractivity contribution in [3.8, 4) is 0 Å². The molecule has 0 radical (unpaired) electrons. The molecule has 1 aromatic heterocycles. The van der Waals surface area contributed by atoms with Crippen molar-refractivity contribution >= 4 is 46.5 Å². The second-order valence-electron chi connectivity index (χ2n) is 8.20. The number of anilines is 5. The molecule has 0 fully saturated rings. The summed E-state index contributed by atoms with van der Waals surface area (Å²) in [6, 6.07) is 26.0. The second-order valence-corrected chi connectivity index (χ2v) is 8.63. The lowest BCUT2D eigenvalue weighted by molar-refractivity contribution is 0.259. The van der Waals surface area contributed by atoms with E-state index in [-0.39, 0.29) is 12.1 Å². The molecule has 0 aliphatic rings. The van der Waals surface area contributed by atoms with E-state index < -0.39 is 0 Å². The van der Waals surface area contributed by atoms with Crippen molar-refractivity contribution in [1.82, 2.24) is 9.97 Å². The summed E-state index contributed by atoms with van der Waals surface area (Å²) in [4.78, 5) is 26.0. The molecule has 0 spiro atoms. The number of carbonyl (C=O) groups is 1. The lowest BCUT2D eigenvalue weighted by Crippen LogP contribution is -2.31. The van der Waals surface area contributed by atoms with Crippen LogP contribution in [0.15, 0.2) is 91.1 Å². The molecule has 35 heavy (non-hydrogen) atoms. The Morgan fingerprint density at radius 2 is 1.54 bits per heavy atom. The molecule has 0 bridgehead atoms. The summed E-state index contributed by atoms with van der Waals surface area (Å²) in [6.07, 6.45) is 1.64. The second kappa shape index (κ2) is 10.9. The Morgan fingerprint density at radius 3 is 2.20 bits per heavy atom. The van der Waals surface area contributed by atoms with Crippen LogP contribution in [-0.2, 0) is 0 Å². The number of amides is 2. The predicted molar refractivity (Wildman–Crippen MR) is 144 cm³/mol. The maximum absolute atomic E-state index is 13.5. The fourth-order valence-electron chi connectivity index (χ4n) is 3.53. The summed E-state index contributed by atoms with van der Waals surface area (Å²) in [5.74, 6) is 0.861. The lowest BCUT2D eigenvalue weighted by Gasteiger charge is -2.24. The van der Waals surface area contributed by atoms with E-state index in [1.54, 1.807) is 36.5 Å². The highest BCUT2D eigenvalue weighted by atomic mass is 35.5. The molecule has 178 valence electrons. The fraction of sp³-hybridized carbons (Fsp3) is 0.148. The Morgan fingerprint density at radius 1 is 0.886 bits per heavy atom. The van der Waals surface area contributed by atoms with Crippen molar-refractivity contribution in [2.75, 3.05) is 34.5 Å². The van der Waals surface area contributed by atoms with Crippen LogP contribution < -0.4 is 20.4 Å². The van der Waals surface area contributed by atoms with E-state index in [2.05, 4.69) is 20.6 Å². The minimum absolute atomic E-state index is 0.0119. The Bertz CT molecular complexity index is 1260. The molecule has 0 saturated heterocycles. The van der Waals surface area contributed by atoms with Gasteiger partial charge in [0.2, 0.25) is 5.95 Å². The molecule has 2 N–H and O–H groups in total. The standard InChI is InChI=1S/C27H27ClN6O/c1-19(20-7-5-4-6-8-20)30-26-29-18-17-25(32-26)34(24-15-13-23(14-16-24)33(2)3)27(35)31-22-11-9-21(28)10-12-22/h4-19H,1-3H3,(H,31,35)(H,29,30,32). The van der Waals surface area contributed by atoms with Crippen LogP contribution in [-0.4, -0.2) is 30.1 Å². The van der Waals surface area contributed by atoms with Gasteiger partial charge in [-0.05, 0) is 61.0 Å². The molecule has 4 rings (SSSR count). The van der Waals surface area contributed by atoms with Crippen molar-refractivity contribution in [2.45, 2.75) is 13.0 Å². The largest absolute Gasteiger partial charge is 0.378 e. The number of hydrogen-bond acceptors (Lipinski definition) is 5. The number of rotatable bonds is 7. The minimum atomic E-state index is -0.356. The van der Waals surface area contributed by atoms with Crippen molar-refractivity contribution in [3.05, 3.63) is 102 Å². The summed E-state index contributed by atoms with van der Waals surface area (Å²) in [5, 5.41) is 6.84. The Balaban J connectivity index is 1.65. The van der Waals surface area contributed by atoms with Gasteiger partial charge in [-0.15, -0.1) is 0 Å². The van der Waals surface area contributed by atoms with Crippen molar-refractivity contribution in [1.29, 1.82) is 0 Å². The number of urea groups is 1. The summed E-state index contributed by atoms with van der Waals surface area (Å²) >= 11 is 6.00. The third kappa shape index (κ3) is 6.07. The van der Waals surface area contributed by atoms with Crippen LogP contribution in [0.3, 0.4) is 0 Å². The molecule has 1 atom stereocenters. The average molecular weight is 487 g/mol. The Labute approximate surface area is 210 Å². The molecule has 1 heterocycles. The number of nitrogens with zero attached hydrogens (tertiary/aromatic N) is 4. The highest BCUT2D eigenvalue weighted by Gasteiger charge is 2.21. The number of hydrogen-bond donors (Lipinski definition) is 2. The first-order valence-electron chi connectivity index (χ1n) is 11.2. The van der Waals surface area contributed by atoms with Gasteiger partial charge in [-0.25, -0.2) is 14.7 Å². The van der Waals surface area contributed by atoms with E-state index in [1.807, 2.05) is 80.5 Å². The van der Waals surface area contributed by atoms with E-state index in [0.29, 0.717) is 28.2 Å². The van der Waals surface area contributed by atoms with Crippen molar-refractivity contribution < 1.29 is 4.79 Å². The van der Waals surface area contributed by atoms with Gasteiger partial charge < -0.3 is 15.5 Å². The van der Waals surface area contributed by atoms with Crippen molar-refractivity contribution in [3.63, 3.8) is 0 Å². The monoisotopic (exact) mass is 486 g/mol. The van der Waals surface area contributed by atoms with Crippen LogP contribution in [0.4, 0.5) is 33.6 Å². The highest BCUT2D eigenvalue weighted by molar-refractivity contribution is 6.30. The van der Waals surface area contributed by atoms with Gasteiger partial charge in [0, 0.05) is 42.8 Å². The van der Waals surface area contributed by atoms with Gasteiger partial charge in [0.15, 0.2) is 0 Å². The highest BCUT2D eigenvalue weighted by Crippen LogP contribution is 2.28. The molecule has 0 saturated carbocycles. The number of nitrogens with one attached hydrogen (secondary N) is 2. The SMILES string of the molecule is CC(Nc1nccc(N(C(=O)Nc2ccc(Cl)cc2)c2ccc(N(C)C)cc2)n1)c1ccccc1. The molecule has 3 aromatic carbocycles. The summed E-state index contributed by atoms with van der Waals surface area (Å²) in [7, 11) is 3.94. The summed E-state index contributed by atoms with van der Waals surface area (Å²) < 4.78 is 0. The number of carbonyl (C=O) groups excluding carboxylic acids is 1. The third-order valence-corrected chi connectivity index (χ3v) is 5.69. The van der Waals surface area contributed by atoms with Crippen LogP contribution in [0.1, 0.15) is 18.5 Å². The van der Waals surface area contributed by atoms with Gasteiger partial charge in [0.25, 0.3) is 0 Å². The zero-order valence-electron chi connectivity index (χ0n) is 19.8. The first-order valence-corrected chi connectivity index (χ1v) is 11.6. The molecule has 7 nitrogen and oxygen atoms in total. The number of halogens is 1. The third-order valence-electron chi connectivity index (χ3n) is 5.44. The number of benzene rings is 3. The van der Waals surface area contributed by atoms with Crippen LogP contribution in [0.5, 0.6) is 0 Å².